The molecule has 6 nitrogen and oxygen atoms in total. The van der Waals surface area contributed by atoms with Gasteiger partial charge in [0.2, 0.25) is 5.78 Å². The molecule has 3 aliphatic rings. The normalized spacial score (nSPS) is 31.8. The molecule has 0 radical (unpaired) electrons. The monoisotopic (exact) mass is 436 g/mol. The molecule has 3 aliphatic carbocycles. The summed E-state index contributed by atoms with van der Waals surface area (Å²) in [7, 11) is 0. The Morgan fingerprint density at radius 2 is 1.72 bits per heavy atom. The molecule has 1 aromatic carbocycles. The highest BCUT2D eigenvalue weighted by Crippen LogP contribution is 2.62. The maximum Gasteiger partial charge on any atom is 0.206 e. The van der Waals surface area contributed by atoms with Gasteiger partial charge in [-0.1, -0.05) is 37.6 Å². The van der Waals surface area contributed by atoms with Gasteiger partial charge in [0, 0.05) is 16.4 Å². The maximum atomic E-state index is 13.7. The number of aromatic hydroxyl groups is 1. The van der Waals surface area contributed by atoms with Crippen molar-refractivity contribution in [2.45, 2.75) is 59.5 Å². The van der Waals surface area contributed by atoms with Crippen molar-refractivity contribution in [3.63, 3.8) is 0 Å². The van der Waals surface area contributed by atoms with E-state index in [9.17, 15) is 29.7 Å². The highest BCUT2D eigenvalue weighted by atomic mass is 16.3. The first-order valence-electron chi connectivity index (χ1n) is 10.7. The Morgan fingerprint density at radius 1 is 1.09 bits per heavy atom. The summed E-state index contributed by atoms with van der Waals surface area (Å²) >= 11 is 0. The molecular formula is C26H28O6. The molecule has 0 amide bonds. The fourth-order valence-corrected chi connectivity index (χ4v) is 6.43. The van der Waals surface area contributed by atoms with Crippen LogP contribution in [0, 0.1) is 10.8 Å². The number of carbonyl (C=O) groups is 3. The van der Waals surface area contributed by atoms with E-state index in [1.165, 1.54) is 13.0 Å². The van der Waals surface area contributed by atoms with Crippen molar-refractivity contribution < 1.29 is 29.7 Å². The van der Waals surface area contributed by atoms with Crippen LogP contribution in [0.4, 0.5) is 0 Å². The first kappa shape index (κ1) is 22.2. The summed E-state index contributed by atoms with van der Waals surface area (Å²) in [5.74, 6) is -2.92. The molecule has 0 saturated carbocycles. The van der Waals surface area contributed by atoms with E-state index in [1.54, 1.807) is 19.9 Å². The highest BCUT2D eigenvalue weighted by molar-refractivity contribution is 6.25. The van der Waals surface area contributed by atoms with Gasteiger partial charge >= 0.3 is 0 Å². The summed E-state index contributed by atoms with van der Waals surface area (Å²) in [5.41, 5.74) is -1.83. The minimum atomic E-state index is -2.39. The van der Waals surface area contributed by atoms with Gasteiger partial charge in [-0.3, -0.25) is 14.4 Å². The first-order chi connectivity index (χ1) is 14.7. The van der Waals surface area contributed by atoms with E-state index in [1.807, 2.05) is 13.8 Å². The molecule has 0 fully saturated rings. The molecule has 0 spiro atoms. The summed E-state index contributed by atoms with van der Waals surface area (Å²) in [6.45, 7) is 12.3. The first-order valence-corrected chi connectivity index (χ1v) is 10.7. The van der Waals surface area contributed by atoms with Crippen molar-refractivity contribution in [1.82, 2.24) is 0 Å². The molecule has 0 unspecified atom stereocenters. The van der Waals surface area contributed by atoms with Crippen LogP contribution >= 0.6 is 0 Å². The minimum Gasteiger partial charge on any atom is -0.508 e. The molecule has 0 heterocycles. The number of phenolic OH excluding ortho intramolecular Hbond substituents is 1. The number of ketones is 3. The van der Waals surface area contributed by atoms with Gasteiger partial charge in [0.25, 0.3) is 0 Å². The molecule has 3 atom stereocenters. The van der Waals surface area contributed by atoms with Gasteiger partial charge in [0.15, 0.2) is 17.2 Å². The Morgan fingerprint density at radius 3 is 2.28 bits per heavy atom. The Bertz CT molecular complexity index is 1210. The number of benzene rings is 1. The SMILES string of the molecule is C=C(C)c1ccc(O)c2c1C[C@]1(C)C[C@]3(C)CC(C)=C(C(C)=O)C(=O)[C@]3(O)C(O)=C1C2=O. The third-order valence-corrected chi connectivity index (χ3v) is 7.60. The van der Waals surface area contributed by atoms with Crippen LogP contribution in [0.25, 0.3) is 5.57 Å². The van der Waals surface area contributed by atoms with Crippen molar-refractivity contribution >= 4 is 22.9 Å². The third-order valence-electron chi connectivity index (χ3n) is 7.60. The molecule has 168 valence electrons. The Labute approximate surface area is 187 Å². The Balaban J connectivity index is 2.04. The summed E-state index contributed by atoms with van der Waals surface area (Å²) in [5, 5.41) is 33.6. The quantitative estimate of drug-likeness (QED) is 0.604. The average Bonchev–Trinajstić information content (AvgIpc) is 2.63. The number of allylic oxidation sites excluding steroid dienone is 3. The zero-order chi connectivity index (χ0) is 24.0. The van der Waals surface area contributed by atoms with E-state index in [4.69, 9.17) is 0 Å². The number of hydrogen-bond donors (Lipinski definition) is 3. The molecule has 0 aliphatic heterocycles. The molecule has 1 aromatic rings. The van der Waals surface area contributed by atoms with Crippen LogP contribution < -0.4 is 0 Å². The molecular weight excluding hydrogens is 408 g/mol. The summed E-state index contributed by atoms with van der Waals surface area (Å²) in [6, 6.07) is 3.13. The topological polar surface area (TPSA) is 112 Å². The zero-order valence-electron chi connectivity index (χ0n) is 19.0. The lowest BCUT2D eigenvalue weighted by Crippen LogP contribution is -2.63. The van der Waals surface area contributed by atoms with E-state index < -0.39 is 39.5 Å². The maximum absolute atomic E-state index is 13.7. The number of aliphatic hydroxyl groups excluding tert-OH is 1. The van der Waals surface area contributed by atoms with Gasteiger partial charge in [0.05, 0.1) is 11.1 Å². The average molecular weight is 437 g/mol. The van der Waals surface area contributed by atoms with Crippen LogP contribution in [0.15, 0.2) is 41.2 Å². The molecule has 4 rings (SSSR count). The second-order valence-electron chi connectivity index (χ2n) is 10.2. The van der Waals surface area contributed by atoms with Crippen molar-refractivity contribution in [3.8, 4) is 5.75 Å². The van der Waals surface area contributed by atoms with E-state index >= 15 is 0 Å². The lowest BCUT2D eigenvalue weighted by Gasteiger charge is -2.56. The predicted molar refractivity (Wildman–Crippen MR) is 119 cm³/mol. The van der Waals surface area contributed by atoms with Crippen molar-refractivity contribution in [1.29, 1.82) is 0 Å². The lowest BCUT2D eigenvalue weighted by atomic mass is 9.48. The smallest absolute Gasteiger partial charge is 0.206 e. The number of hydrogen-bond acceptors (Lipinski definition) is 6. The second kappa shape index (κ2) is 6.51. The van der Waals surface area contributed by atoms with Crippen molar-refractivity contribution in [2.75, 3.05) is 0 Å². The van der Waals surface area contributed by atoms with Crippen molar-refractivity contribution in [3.05, 3.63) is 57.9 Å². The van der Waals surface area contributed by atoms with Gasteiger partial charge in [-0.25, -0.2) is 0 Å². The number of aliphatic hydroxyl groups is 2. The number of carbonyl (C=O) groups excluding carboxylic acids is 3. The highest BCUT2D eigenvalue weighted by Gasteiger charge is 2.67. The number of fused-ring (bicyclic) bond motifs is 3. The van der Waals surface area contributed by atoms with E-state index in [2.05, 4.69) is 6.58 Å². The molecule has 32 heavy (non-hydrogen) atoms. The van der Waals surface area contributed by atoms with Crippen LogP contribution in [-0.2, 0) is 16.0 Å². The fourth-order valence-electron chi connectivity index (χ4n) is 6.43. The van der Waals surface area contributed by atoms with Crippen LogP contribution in [0.3, 0.4) is 0 Å². The van der Waals surface area contributed by atoms with Gasteiger partial charge in [-0.2, -0.15) is 0 Å². The second-order valence-corrected chi connectivity index (χ2v) is 10.2. The summed E-state index contributed by atoms with van der Waals surface area (Å²) in [4.78, 5) is 39.2. The zero-order valence-corrected chi connectivity index (χ0v) is 19.0. The Hall–Kier alpha value is -2.99. The summed E-state index contributed by atoms with van der Waals surface area (Å²) < 4.78 is 0. The third kappa shape index (κ3) is 2.53. The Kier molecular flexibility index (Phi) is 4.52. The molecule has 0 saturated heterocycles. The summed E-state index contributed by atoms with van der Waals surface area (Å²) in [6.07, 6.45) is 0.790. The van der Waals surface area contributed by atoms with Crippen LogP contribution in [0.2, 0.25) is 0 Å². The fraction of sp³-hybridized carbons (Fsp3) is 0.423. The predicted octanol–water partition coefficient (Wildman–Crippen LogP) is 4.00. The number of phenols is 1. The van der Waals surface area contributed by atoms with E-state index in [0.717, 1.165) is 11.1 Å². The van der Waals surface area contributed by atoms with E-state index in [0.29, 0.717) is 17.6 Å². The molecule has 6 heteroatoms. The van der Waals surface area contributed by atoms with Gasteiger partial charge in [0.1, 0.15) is 11.5 Å². The number of Topliss-reactive ketones (excluding diaryl/α,β-unsaturated/α-hetero) is 3. The van der Waals surface area contributed by atoms with Crippen molar-refractivity contribution in [2.24, 2.45) is 10.8 Å². The van der Waals surface area contributed by atoms with Crippen LogP contribution in [0.1, 0.15) is 68.9 Å². The van der Waals surface area contributed by atoms with Crippen LogP contribution in [0.5, 0.6) is 5.75 Å². The minimum absolute atomic E-state index is 0.0542. The van der Waals surface area contributed by atoms with Gasteiger partial charge in [-0.15, -0.1) is 0 Å². The van der Waals surface area contributed by atoms with Gasteiger partial charge in [-0.05, 0) is 57.2 Å². The lowest BCUT2D eigenvalue weighted by molar-refractivity contribution is -0.157. The molecule has 0 bridgehead atoms. The molecule has 0 aromatic heterocycles. The largest absolute Gasteiger partial charge is 0.508 e. The van der Waals surface area contributed by atoms with Gasteiger partial charge < -0.3 is 15.3 Å². The molecule has 3 N–H and O–H groups in total. The van der Waals surface area contributed by atoms with Crippen LogP contribution in [-0.4, -0.2) is 38.3 Å². The standard InChI is InChI=1S/C26H28O6/c1-12(2)15-7-8-17(28)19-16(15)10-24(5)11-25(6)9-13(3)18(14(4)27)22(30)26(25,32)23(31)20(24)21(19)29/h7-8,28,31-32H,1,9-11H2,2-6H3/t24-,25+,26+/m1/s1. The number of rotatable bonds is 2. The van der Waals surface area contributed by atoms with E-state index in [-0.39, 0.29) is 35.3 Å².